The minimum Gasteiger partial charge on any atom is -0.310 e. The fourth-order valence-corrected chi connectivity index (χ4v) is 2.93. The van der Waals surface area contributed by atoms with Gasteiger partial charge in [-0.3, -0.25) is 14.5 Å². The van der Waals surface area contributed by atoms with E-state index in [0.717, 1.165) is 12.1 Å². The summed E-state index contributed by atoms with van der Waals surface area (Å²) in [4.78, 5) is 26.0. The highest BCUT2D eigenvalue weighted by atomic mass is 32.2. The van der Waals surface area contributed by atoms with Crippen molar-refractivity contribution in [3.8, 4) is 0 Å². The van der Waals surface area contributed by atoms with Gasteiger partial charge in [0, 0.05) is 11.4 Å². The zero-order valence-electron chi connectivity index (χ0n) is 10.2. The van der Waals surface area contributed by atoms with Crippen LogP contribution in [0.5, 0.6) is 0 Å². The van der Waals surface area contributed by atoms with Gasteiger partial charge in [0.05, 0.1) is 0 Å². The average Bonchev–Trinajstić information content (AvgIpc) is 2.30. The summed E-state index contributed by atoms with van der Waals surface area (Å²) in [6, 6.07) is 4.56. The Balaban J connectivity index is 2.49. The lowest BCUT2D eigenvalue weighted by molar-refractivity contribution is 0.597. The average molecular weight is 299 g/mol. The largest absolute Gasteiger partial charge is 0.325 e. The lowest BCUT2D eigenvalue weighted by atomic mass is 10.3. The molecule has 2 aromatic rings. The number of halogens is 1. The van der Waals surface area contributed by atoms with Crippen LogP contribution >= 0.6 is 0 Å². The molecule has 20 heavy (non-hydrogen) atoms. The second kappa shape index (κ2) is 4.93. The maximum absolute atomic E-state index is 12.7. The van der Waals surface area contributed by atoms with Crippen LogP contribution in [-0.4, -0.2) is 18.4 Å². The Morgan fingerprint density at radius 1 is 1.10 bits per heavy atom. The molecule has 0 saturated carbocycles. The molecule has 0 amide bonds. The number of hydrogen-bond donors (Lipinski definition) is 3. The normalized spacial score (nSPS) is 11.3. The Morgan fingerprint density at radius 2 is 1.70 bits per heavy atom. The third-order valence-corrected chi connectivity index (χ3v) is 3.97. The van der Waals surface area contributed by atoms with Gasteiger partial charge in [0.2, 0.25) is 0 Å². The lowest BCUT2D eigenvalue weighted by Crippen LogP contribution is -2.31. The minimum atomic E-state index is -4.19. The number of aryl methyl sites for hydroxylation is 1. The van der Waals surface area contributed by atoms with Gasteiger partial charge in [-0.1, -0.05) is 0 Å². The van der Waals surface area contributed by atoms with Crippen LogP contribution in [0.25, 0.3) is 0 Å². The minimum absolute atomic E-state index is 0.0895. The highest BCUT2D eigenvalue weighted by Crippen LogP contribution is 2.14. The third-order valence-electron chi connectivity index (χ3n) is 2.44. The Labute approximate surface area is 112 Å². The third kappa shape index (κ3) is 2.77. The summed E-state index contributed by atoms with van der Waals surface area (Å²) >= 11 is 0. The van der Waals surface area contributed by atoms with E-state index in [9.17, 15) is 22.4 Å². The maximum atomic E-state index is 12.7. The van der Waals surface area contributed by atoms with Crippen molar-refractivity contribution in [2.75, 3.05) is 4.72 Å². The molecule has 3 N–H and O–H groups in total. The topological polar surface area (TPSA) is 112 Å². The smallest absolute Gasteiger partial charge is 0.310 e. The van der Waals surface area contributed by atoms with Gasteiger partial charge in [0.1, 0.15) is 5.82 Å². The van der Waals surface area contributed by atoms with Crippen molar-refractivity contribution in [3.63, 3.8) is 0 Å². The molecule has 0 aliphatic rings. The Kier molecular flexibility index (Phi) is 3.45. The summed E-state index contributed by atoms with van der Waals surface area (Å²) in [7, 11) is -4.19. The molecule has 2 rings (SSSR count). The summed E-state index contributed by atoms with van der Waals surface area (Å²) in [5.74, 6) is -0.522. The molecule has 0 radical (unpaired) electrons. The molecule has 9 heteroatoms. The van der Waals surface area contributed by atoms with Crippen LogP contribution in [0.4, 0.5) is 10.1 Å². The molecule has 1 heterocycles. The molecule has 0 spiro atoms. The van der Waals surface area contributed by atoms with Crippen LogP contribution in [-0.2, 0) is 10.0 Å². The first-order chi connectivity index (χ1) is 9.29. The van der Waals surface area contributed by atoms with Crippen LogP contribution in [0.15, 0.2) is 38.8 Å². The number of nitrogens with one attached hydrogen (secondary N) is 3. The number of aromatic nitrogens is 2. The van der Waals surface area contributed by atoms with E-state index in [2.05, 4.69) is 9.71 Å². The van der Waals surface area contributed by atoms with Gasteiger partial charge in [0.25, 0.3) is 15.6 Å². The Bertz CT molecular complexity index is 852. The van der Waals surface area contributed by atoms with E-state index >= 15 is 0 Å². The fourth-order valence-electron chi connectivity index (χ4n) is 1.64. The van der Waals surface area contributed by atoms with Crippen molar-refractivity contribution in [1.82, 2.24) is 9.97 Å². The number of benzene rings is 1. The highest BCUT2D eigenvalue weighted by molar-refractivity contribution is 7.92. The molecule has 0 unspecified atom stereocenters. The number of anilines is 1. The van der Waals surface area contributed by atoms with Crippen molar-refractivity contribution in [1.29, 1.82) is 0 Å². The lowest BCUT2D eigenvalue weighted by Gasteiger charge is -2.08. The molecule has 0 saturated heterocycles. The van der Waals surface area contributed by atoms with Crippen molar-refractivity contribution < 1.29 is 12.8 Å². The van der Waals surface area contributed by atoms with Gasteiger partial charge in [-0.25, -0.2) is 17.6 Å². The van der Waals surface area contributed by atoms with Gasteiger partial charge in [-0.15, -0.1) is 0 Å². The molecule has 7 nitrogen and oxygen atoms in total. The molecular weight excluding hydrogens is 289 g/mol. The van der Waals surface area contributed by atoms with Crippen molar-refractivity contribution >= 4 is 15.7 Å². The van der Waals surface area contributed by atoms with E-state index in [1.807, 2.05) is 4.98 Å². The molecular formula is C11H10FN3O4S. The Hall–Kier alpha value is -2.42. The molecule has 1 aromatic heterocycles. The molecule has 0 aliphatic heterocycles. The summed E-state index contributed by atoms with van der Waals surface area (Å²) in [5.41, 5.74) is -1.82. The van der Waals surface area contributed by atoms with Crippen LogP contribution in [0, 0.1) is 12.7 Å². The summed E-state index contributed by atoms with van der Waals surface area (Å²) in [6.07, 6.45) is 0. The van der Waals surface area contributed by atoms with Gasteiger partial charge < -0.3 is 4.98 Å². The van der Waals surface area contributed by atoms with Gasteiger partial charge in [-0.05, 0) is 31.2 Å². The van der Waals surface area contributed by atoms with Crippen LogP contribution in [0.3, 0.4) is 0 Å². The molecule has 0 aliphatic carbocycles. The number of hydrogen-bond acceptors (Lipinski definition) is 4. The molecule has 0 atom stereocenters. The summed E-state index contributed by atoms with van der Waals surface area (Å²) < 4.78 is 39.1. The van der Waals surface area contributed by atoms with Gasteiger partial charge >= 0.3 is 5.69 Å². The number of sulfonamides is 1. The summed E-state index contributed by atoms with van der Waals surface area (Å²) in [6.45, 7) is 1.29. The van der Waals surface area contributed by atoms with Crippen LogP contribution in [0.2, 0.25) is 0 Å². The maximum Gasteiger partial charge on any atom is 0.325 e. The second-order valence-corrected chi connectivity index (χ2v) is 5.59. The monoisotopic (exact) mass is 299 g/mol. The van der Waals surface area contributed by atoms with E-state index in [1.165, 1.54) is 19.1 Å². The quantitative estimate of drug-likeness (QED) is 0.757. The van der Waals surface area contributed by atoms with E-state index in [0.29, 0.717) is 0 Å². The number of aromatic amines is 2. The van der Waals surface area contributed by atoms with Gasteiger partial charge in [-0.2, -0.15) is 0 Å². The Morgan fingerprint density at radius 3 is 2.25 bits per heavy atom. The molecule has 106 valence electrons. The van der Waals surface area contributed by atoms with E-state index in [4.69, 9.17) is 0 Å². The predicted octanol–water partition coefficient (Wildman–Crippen LogP) is 0.312. The first kappa shape index (κ1) is 14.0. The first-order valence-electron chi connectivity index (χ1n) is 5.41. The SMILES string of the molecule is Cc1[nH]c(=O)[nH]c(=O)c1S(=O)(=O)Nc1ccc(F)cc1. The zero-order chi connectivity index (χ0) is 14.9. The van der Waals surface area contributed by atoms with E-state index < -0.39 is 32.0 Å². The van der Waals surface area contributed by atoms with Crippen molar-refractivity contribution in [2.24, 2.45) is 0 Å². The van der Waals surface area contributed by atoms with Crippen molar-refractivity contribution in [2.45, 2.75) is 11.8 Å². The predicted molar refractivity (Wildman–Crippen MR) is 69.6 cm³/mol. The standard InChI is InChI=1S/C11H10FN3O4S/c1-6-9(10(16)14-11(17)13-6)20(18,19)15-8-4-2-7(12)3-5-8/h2-5,15H,1H3,(H2,13,14,16,17). The van der Waals surface area contributed by atoms with E-state index in [1.54, 1.807) is 0 Å². The van der Waals surface area contributed by atoms with Gasteiger partial charge in [0.15, 0.2) is 4.90 Å². The number of H-pyrrole nitrogens is 2. The molecule has 0 bridgehead atoms. The van der Waals surface area contributed by atoms with Crippen LogP contribution in [0.1, 0.15) is 5.69 Å². The van der Waals surface area contributed by atoms with Crippen LogP contribution < -0.4 is 16.0 Å². The zero-order valence-corrected chi connectivity index (χ0v) is 11.0. The first-order valence-corrected chi connectivity index (χ1v) is 6.89. The molecule has 1 aromatic carbocycles. The van der Waals surface area contributed by atoms with Crippen molar-refractivity contribution in [3.05, 3.63) is 56.6 Å². The summed E-state index contributed by atoms with van der Waals surface area (Å²) in [5, 5.41) is 0. The second-order valence-electron chi connectivity index (χ2n) is 3.97. The van der Waals surface area contributed by atoms with E-state index in [-0.39, 0.29) is 11.4 Å². The highest BCUT2D eigenvalue weighted by Gasteiger charge is 2.22. The number of rotatable bonds is 3. The molecule has 0 fully saturated rings. The fraction of sp³-hybridized carbons (Fsp3) is 0.0909.